The first-order chi connectivity index (χ1) is 25.3. The molecular formula is C48H36N2O. The van der Waals surface area contributed by atoms with Gasteiger partial charge in [0.15, 0.2) is 0 Å². The summed E-state index contributed by atoms with van der Waals surface area (Å²) in [5, 5.41) is 4.72. The van der Waals surface area contributed by atoms with Gasteiger partial charge in [-0.2, -0.15) is 0 Å². The first kappa shape index (κ1) is 30.5. The number of anilines is 3. The van der Waals surface area contributed by atoms with Gasteiger partial charge in [-0.05, 0) is 95.9 Å². The van der Waals surface area contributed by atoms with Gasteiger partial charge in [0.2, 0.25) is 0 Å². The summed E-state index contributed by atoms with van der Waals surface area (Å²) in [5.41, 5.74) is 12.1. The third-order valence-electron chi connectivity index (χ3n) is 9.70. The molecule has 0 spiro atoms. The Labute approximate surface area is 297 Å². The number of aromatic nitrogens is 1. The second-order valence-electron chi connectivity index (χ2n) is 12.8. The first-order valence-corrected chi connectivity index (χ1v) is 17.6. The van der Waals surface area contributed by atoms with Gasteiger partial charge in [0, 0.05) is 38.6 Å². The number of nitrogens with zero attached hydrogens (tertiary/aromatic N) is 2. The lowest BCUT2D eigenvalue weighted by atomic mass is 10.0. The minimum absolute atomic E-state index is 0.908. The van der Waals surface area contributed by atoms with Crippen molar-refractivity contribution in [2.75, 3.05) is 4.90 Å². The molecule has 9 aromatic rings. The zero-order valence-corrected chi connectivity index (χ0v) is 28.4. The van der Waals surface area contributed by atoms with Crippen LogP contribution >= 0.6 is 0 Å². The van der Waals surface area contributed by atoms with E-state index in [0.717, 1.165) is 67.8 Å². The summed E-state index contributed by atoms with van der Waals surface area (Å²) in [7, 11) is 0. The van der Waals surface area contributed by atoms with Crippen molar-refractivity contribution in [2.45, 2.75) is 13.3 Å². The average Bonchev–Trinajstić information content (AvgIpc) is 3.73. The fourth-order valence-corrected chi connectivity index (χ4v) is 7.30. The topological polar surface area (TPSA) is 21.3 Å². The molecular weight excluding hydrogens is 621 g/mol. The molecule has 2 heterocycles. The fraction of sp³-hybridized carbons (Fsp3) is 0.0417. The largest absolute Gasteiger partial charge is 0.456 e. The quantitative estimate of drug-likeness (QED) is 0.152. The minimum Gasteiger partial charge on any atom is -0.456 e. The molecule has 0 aliphatic carbocycles. The van der Waals surface area contributed by atoms with Crippen LogP contribution in [0.1, 0.15) is 18.9 Å². The van der Waals surface area contributed by atoms with Crippen LogP contribution < -0.4 is 4.90 Å². The zero-order valence-electron chi connectivity index (χ0n) is 28.4. The van der Waals surface area contributed by atoms with Crippen molar-refractivity contribution in [3.63, 3.8) is 0 Å². The number of benzene rings is 7. The third-order valence-corrected chi connectivity index (χ3v) is 9.70. The molecule has 0 saturated heterocycles. The fourth-order valence-electron chi connectivity index (χ4n) is 7.30. The average molecular weight is 657 g/mol. The van der Waals surface area contributed by atoms with Gasteiger partial charge in [0.1, 0.15) is 11.2 Å². The Hall–Kier alpha value is -6.58. The van der Waals surface area contributed by atoms with Gasteiger partial charge in [0.25, 0.3) is 0 Å². The van der Waals surface area contributed by atoms with Crippen molar-refractivity contribution in [1.82, 2.24) is 4.57 Å². The maximum atomic E-state index is 6.11. The number of fused-ring (bicyclic) bond motifs is 6. The van der Waals surface area contributed by atoms with E-state index in [0.29, 0.717) is 0 Å². The summed E-state index contributed by atoms with van der Waals surface area (Å²) in [5.74, 6) is 0. The number of rotatable bonds is 8. The molecule has 0 aliphatic rings. The number of hydrogen-bond donors (Lipinski definition) is 0. The van der Waals surface area contributed by atoms with E-state index in [2.05, 4.69) is 192 Å². The second kappa shape index (κ2) is 13.0. The monoisotopic (exact) mass is 656 g/mol. The van der Waals surface area contributed by atoms with E-state index < -0.39 is 0 Å². The lowest BCUT2D eigenvalue weighted by molar-refractivity contribution is 0.669. The molecule has 0 amide bonds. The predicted molar refractivity (Wildman–Crippen MR) is 217 cm³/mol. The molecule has 2 aromatic heterocycles. The SMILES string of the molecule is CC/C=C\C=C/c1ccccc1N(c1ccc(-c2ccc3oc4ccccc4c3c2)cc1)c1ccc2c(c1)c1ccccc1n2-c1ccccc1. The molecule has 0 fully saturated rings. The van der Waals surface area contributed by atoms with Crippen LogP contribution in [0.5, 0.6) is 0 Å². The van der Waals surface area contributed by atoms with E-state index in [-0.39, 0.29) is 0 Å². The van der Waals surface area contributed by atoms with Gasteiger partial charge >= 0.3 is 0 Å². The highest BCUT2D eigenvalue weighted by Crippen LogP contribution is 2.42. The Balaban J connectivity index is 1.20. The zero-order chi connectivity index (χ0) is 34.1. The maximum Gasteiger partial charge on any atom is 0.135 e. The van der Waals surface area contributed by atoms with Crippen LogP contribution in [0, 0.1) is 0 Å². The molecule has 51 heavy (non-hydrogen) atoms. The Morgan fingerprint density at radius 2 is 1.22 bits per heavy atom. The van der Waals surface area contributed by atoms with Crippen LogP contribution in [0.4, 0.5) is 17.1 Å². The van der Waals surface area contributed by atoms with Gasteiger partial charge in [-0.25, -0.2) is 0 Å². The molecule has 0 atom stereocenters. The standard InChI is InChI=1S/C48H36N2O/c1-2-3-4-6-15-35-16-9-12-21-44(35)49(38-27-24-34(25-28-38)36-26-31-48-43(32-36)41-20-11-14-23-47(41)51-48)39-29-30-46-42(33-39)40-19-10-13-22-45(40)50(46)37-17-7-5-8-18-37/h3-33H,2H2,1H3/b4-3-,15-6-. The molecule has 0 bridgehead atoms. The minimum atomic E-state index is 0.908. The van der Waals surface area contributed by atoms with E-state index in [4.69, 9.17) is 4.42 Å². The summed E-state index contributed by atoms with van der Waals surface area (Å²) >= 11 is 0. The van der Waals surface area contributed by atoms with Crippen molar-refractivity contribution >= 4 is 66.9 Å². The molecule has 0 unspecified atom stereocenters. The van der Waals surface area contributed by atoms with Crippen molar-refractivity contribution in [1.29, 1.82) is 0 Å². The maximum absolute atomic E-state index is 6.11. The van der Waals surface area contributed by atoms with Crippen molar-refractivity contribution in [3.05, 3.63) is 188 Å². The lowest BCUT2D eigenvalue weighted by Gasteiger charge is -2.27. The number of hydrogen-bond acceptors (Lipinski definition) is 2. The van der Waals surface area contributed by atoms with Gasteiger partial charge < -0.3 is 13.9 Å². The summed E-state index contributed by atoms with van der Waals surface area (Å²) in [6.45, 7) is 2.16. The van der Waals surface area contributed by atoms with Gasteiger partial charge in [-0.3, -0.25) is 0 Å². The summed E-state index contributed by atoms with van der Waals surface area (Å²) in [6, 6.07) is 58.5. The predicted octanol–water partition coefficient (Wildman–Crippen LogP) is 13.8. The molecule has 0 N–H and O–H groups in total. The third kappa shape index (κ3) is 5.50. The van der Waals surface area contributed by atoms with E-state index in [1.54, 1.807) is 0 Å². The van der Waals surface area contributed by atoms with Crippen LogP contribution in [-0.4, -0.2) is 4.57 Å². The molecule has 9 rings (SSSR count). The Morgan fingerprint density at radius 3 is 2.08 bits per heavy atom. The van der Waals surface area contributed by atoms with Crippen molar-refractivity contribution in [3.8, 4) is 16.8 Å². The number of furan rings is 1. The second-order valence-corrected chi connectivity index (χ2v) is 12.8. The van der Waals surface area contributed by atoms with Gasteiger partial charge in [0.05, 0.1) is 16.7 Å². The van der Waals surface area contributed by atoms with E-state index >= 15 is 0 Å². The highest BCUT2D eigenvalue weighted by molar-refractivity contribution is 6.11. The molecule has 0 radical (unpaired) electrons. The molecule has 7 aromatic carbocycles. The van der Waals surface area contributed by atoms with Crippen LogP contribution in [-0.2, 0) is 0 Å². The lowest BCUT2D eigenvalue weighted by Crippen LogP contribution is -2.11. The summed E-state index contributed by atoms with van der Waals surface area (Å²) in [4.78, 5) is 2.38. The Morgan fingerprint density at radius 1 is 0.529 bits per heavy atom. The normalized spacial score (nSPS) is 11.9. The molecule has 244 valence electrons. The number of para-hydroxylation sites is 4. The van der Waals surface area contributed by atoms with Crippen molar-refractivity contribution < 1.29 is 4.42 Å². The number of allylic oxidation sites excluding steroid dienone is 3. The first-order valence-electron chi connectivity index (χ1n) is 17.6. The van der Waals surface area contributed by atoms with E-state index in [1.807, 2.05) is 12.1 Å². The molecule has 3 heteroatoms. The Bertz CT molecular complexity index is 2730. The van der Waals surface area contributed by atoms with Gasteiger partial charge in [-0.1, -0.05) is 122 Å². The smallest absolute Gasteiger partial charge is 0.135 e. The van der Waals surface area contributed by atoms with Crippen LogP contribution in [0.2, 0.25) is 0 Å². The van der Waals surface area contributed by atoms with Gasteiger partial charge in [-0.15, -0.1) is 0 Å². The molecule has 3 nitrogen and oxygen atoms in total. The van der Waals surface area contributed by atoms with Crippen LogP contribution in [0.15, 0.2) is 186 Å². The van der Waals surface area contributed by atoms with Crippen LogP contribution in [0.25, 0.3) is 66.6 Å². The van der Waals surface area contributed by atoms with Crippen molar-refractivity contribution in [2.24, 2.45) is 0 Å². The molecule has 0 saturated carbocycles. The summed E-state index contributed by atoms with van der Waals surface area (Å²) < 4.78 is 8.48. The summed E-state index contributed by atoms with van der Waals surface area (Å²) in [6.07, 6.45) is 9.64. The van der Waals surface area contributed by atoms with Crippen LogP contribution in [0.3, 0.4) is 0 Å². The van der Waals surface area contributed by atoms with E-state index in [9.17, 15) is 0 Å². The Kier molecular flexibility index (Phi) is 7.79. The highest BCUT2D eigenvalue weighted by atomic mass is 16.3. The van der Waals surface area contributed by atoms with E-state index in [1.165, 1.54) is 21.8 Å². The molecule has 0 aliphatic heterocycles. The highest BCUT2D eigenvalue weighted by Gasteiger charge is 2.19.